The van der Waals surface area contributed by atoms with Crippen molar-refractivity contribution < 1.29 is 4.74 Å². The maximum Gasteiger partial charge on any atom is 0.0477 e. The van der Waals surface area contributed by atoms with Crippen molar-refractivity contribution in [2.75, 3.05) is 26.8 Å². The van der Waals surface area contributed by atoms with Gasteiger partial charge in [0.15, 0.2) is 0 Å². The Bertz CT molecular complexity index is 211. The van der Waals surface area contributed by atoms with E-state index >= 15 is 0 Å². The van der Waals surface area contributed by atoms with Gasteiger partial charge in [-0.3, -0.25) is 0 Å². The van der Waals surface area contributed by atoms with Gasteiger partial charge in [-0.2, -0.15) is 0 Å². The van der Waals surface area contributed by atoms with Crippen LogP contribution in [0.15, 0.2) is 0 Å². The number of ether oxygens (including phenoxy) is 1. The van der Waals surface area contributed by atoms with Gasteiger partial charge in [0.25, 0.3) is 0 Å². The molecule has 1 aliphatic rings. The highest BCUT2D eigenvalue weighted by atomic mass is 16.5. The van der Waals surface area contributed by atoms with Crippen LogP contribution in [0.1, 0.15) is 47.0 Å². The molecule has 0 radical (unpaired) electrons. The normalized spacial score (nSPS) is 20.8. The number of nitrogens with one attached hydrogen (secondary N) is 1. The van der Waals surface area contributed by atoms with E-state index in [1.54, 1.807) is 7.11 Å². The van der Waals surface area contributed by atoms with Crippen molar-refractivity contribution in [2.24, 2.45) is 5.92 Å². The molecule has 108 valence electrons. The van der Waals surface area contributed by atoms with Gasteiger partial charge < -0.3 is 15.0 Å². The van der Waals surface area contributed by atoms with E-state index in [9.17, 15) is 0 Å². The molecule has 1 rings (SSSR count). The van der Waals surface area contributed by atoms with Crippen molar-refractivity contribution >= 4 is 0 Å². The number of piperidine rings is 1. The molecule has 1 N–H and O–H groups in total. The fourth-order valence-corrected chi connectivity index (χ4v) is 2.74. The number of rotatable bonds is 7. The SMILES string of the molecule is COCC[C@@H](NC1CCN(C(C)C)CC1)C(C)C. The van der Waals surface area contributed by atoms with Crippen molar-refractivity contribution in [3.05, 3.63) is 0 Å². The Morgan fingerprint density at radius 3 is 2.22 bits per heavy atom. The van der Waals surface area contributed by atoms with Gasteiger partial charge in [-0.1, -0.05) is 13.8 Å². The Labute approximate surface area is 113 Å². The molecule has 1 atom stereocenters. The standard InChI is InChI=1S/C15H32N2O/c1-12(2)15(8-11-18-5)16-14-6-9-17(10-7-14)13(3)4/h12-16H,6-11H2,1-5H3/t15-/m1/s1. The second kappa shape index (κ2) is 8.13. The molecule has 3 heteroatoms. The van der Waals surface area contributed by atoms with Crippen LogP contribution in [0.2, 0.25) is 0 Å². The molecule has 1 aliphatic heterocycles. The first-order chi connectivity index (χ1) is 8.54. The first-order valence-corrected chi connectivity index (χ1v) is 7.53. The van der Waals surface area contributed by atoms with Gasteiger partial charge >= 0.3 is 0 Å². The fourth-order valence-electron chi connectivity index (χ4n) is 2.74. The topological polar surface area (TPSA) is 24.5 Å². The van der Waals surface area contributed by atoms with E-state index in [1.807, 2.05) is 0 Å². The molecule has 0 spiro atoms. The molecule has 0 bridgehead atoms. The average Bonchev–Trinajstić information content (AvgIpc) is 2.34. The summed E-state index contributed by atoms with van der Waals surface area (Å²) in [6, 6.07) is 1.99. The van der Waals surface area contributed by atoms with Gasteiger partial charge in [0.05, 0.1) is 0 Å². The third-order valence-electron chi connectivity index (χ3n) is 4.15. The predicted molar refractivity (Wildman–Crippen MR) is 78.0 cm³/mol. The second-order valence-electron chi connectivity index (χ2n) is 6.20. The first kappa shape index (κ1) is 15.9. The van der Waals surface area contributed by atoms with Crippen LogP contribution in [0.25, 0.3) is 0 Å². The molecule has 0 aromatic rings. The summed E-state index contributed by atoms with van der Waals surface area (Å²) in [4.78, 5) is 2.58. The summed E-state index contributed by atoms with van der Waals surface area (Å²) >= 11 is 0. The minimum atomic E-state index is 0.598. The van der Waals surface area contributed by atoms with E-state index in [0.29, 0.717) is 24.0 Å². The van der Waals surface area contributed by atoms with E-state index < -0.39 is 0 Å². The smallest absolute Gasteiger partial charge is 0.0477 e. The molecule has 3 nitrogen and oxygen atoms in total. The summed E-state index contributed by atoms with van der Waals surface area (Å²) in [7, 11) is 1.79. The van der Waals surface area contributed by atoms with Crippen molar-refractivity contribution in [3.8, 4) is 0 Å². The van der Waals surface area contributed by atoms with E-state index in [1.165, 1.54) is 25.9 Å². The average molecular weight is 256 g/mol. The van der Waals surface area contributed by atoms with E-state index in [-0.39, 0.29) is 0 Å². The first-order valence-electron chi connectivity index (χ1n) is 7.53. The summed E-state index contributed by atoms with van der Waals surface area (Å²) < 4.78 is 5.21. The zero-order valence-electron chi connectivity index (χ0n) is 12.9. The van der Waals surface area contributed by atoms with E-state index in [4.69, 9.17) is 4.74 Å². The fraction of sp³-hybridized carbons (Fsp3) is 1.00. The van der Waals surface area contributed by atoms with Crippen molar-refractivity contribution in [1.82, 2.24) is 10.2 Å². The highest BCUT2D eigenvalue weighted by molar-refractivity contribution is 4.82. The Hall–Kier alpha value is -0.120. The van der Waals surface area contributed by atoms with Gasteiger partial charge in [0.2, 0.25) is 0 Å². The summed E-state index contributed by atoms with van der Waals surface area (Å²) in [6.45, 7) is 12.5. The third-order valence-corrected chi connectivity index (χ3v) is 4.15. The number of hydrogen-bond acceptors (Lipinski definition) is 3. The monoisotopic (exact) mass is 256 g/mol. The maximum absolute atomic E-state index is 5.21. The largest absolute Gasteiger partial charge is 0.385 e. The molecule has 0 aliphatic carbocycles. The molecular weight excluding hydrogens is 224 g/mol. The van der Waals surface area contributed by atoms with Gasteiger partial charge in [0.1, 0.15) is 0 Å². The zero-order chi connectivity index (χ0) is 13.5. The lowest BCUT2D eigenvalue weighted by molar-refractivity contribution is 0.138. The van der Waals surface area contributed by atoms with Crippen LogP contribution in [-0.4, -0.2) is 49.8 Å². The van der Waals surface area contributed by atoms with Gasteiger partial charge in [-0.05, 0) is 52.1 Å². The number of methoxy groups -OCH3 is 1. The molecule has 0 saturated carbocycles. The van der Waals surface area contributed by atoms with Crippen LogP contribution in [0.5, 0.6) is 0 Å². The maximum atomic E-state index is 5.21. The molecule has 1 saturated heterocycles. The van der Waals surface area contributed by atoms with Crippen LogP contribution in [0, 0.1) is 5.92 Å². The molecule has 18 heavy (non-hydrogen) atoms. The molecule has 0 aromatic heterocycles. The molecule has 0 unspecified atom stereocenters. The van der Waals surface area contributed by atoms with Gasteiger partial charge in [-0.15, -0.1) is 0 Å². The Balaban J connectivity index is 2.32. The Kier molecular flexibility index (Phi) is 7.20. The number of likely N-dealkylation sites (tertiary alicyclic amines) is 1. The van der Waals surface area contributed by atoms with Gasteiger partial charge in [-0.25, -0.2) is 0 Å². The van der Waals surface area contributed by atoms with Crippen LogP contribution >= 0.6 is 0 Å². The lowest BCUT2D eigenvalue weighted by atomic mass is 9.97. The van der Waals surface area contributed by atoms with E-state index in [2.05, 4.69) is 37.9 Å². The van der Waals surface area contributed by atoms with Crippen molar-refractivity contribution in [1.29, 1.82) is 0 Å². The minimum Gasteiger partial charge on any atom is -0.385 e. The quantitative estimate of drug-likeness (QED) is 0.757. The minimum absolute atomic E-state index is 0.598. The van der Waals surface area contributed by atoms with Crippen LogP contribution < -0.4 is 5.32 Å². The highest BCUT2D eigenvalue weighted by Crippen LogP contribution is 2.16. The lowest BCUT2D eigenvalue weighted by Crippen LogP contribution is -2.49. The summed E-state index contributed by atoms with van der Waals surface area (Å²) in [5, 5.41) is 3.84. The second-order valence-corrected chi connectivity index (χ2v) is 6.20. The van der Waals surface area contributed by atoms with Crippen molar-refractivity contribution in [3.63, 3.8) is 0 Å². The zero-order valence-corrected chi connectivity index (χ0v) is 12.9. The summed E-state index contributed by atoms with van der Waals surface area (Å²) in [6.07, 6.45) is 3.70. The summed E-state index contributed by atoms with van der Waals surface area (Å²) in [5.41, 5.74) is 0. The molecule has 1 fully saturated rings. The third kappa shape index (κ3) is 5.25. The molecule has 0 aromatic carbocycles. The van der Waals surface area contributed by atoms with Crippen LogP contribution in [0.4, 0.5) is 0 Å². The molecule has 1 heterocycles. The number of hydrogen-bond donors (Lipinski definition) is 1. The van der Waals surface area contributed by atoms with Gasteiger partial charge in [0, 0.05) is 31.8 Å². The predicted octanol–water partition coefficient (Wildman–Crippen LogP) is 2.51. The summed E-state index contributed by atoms with van der Waals surface area (Å²) in [5.74, 6) is 0.684. The van der Waals surface area contributed by atoms with Crippen LogP contribution in [-0.2, 0) is 4.74 Å². The number of nitrogens with zero attached hydrogens (tertiary/aromatic N) is 1. The lowest BCUT2D eigenvalue weighted by Gasteiger charge is -2.37. The van der Waals surface area contributed by atoms with E-state index in [0.717, 1.165) is 13.0 Å². The van der Waals surface area contributed by atoms with Crippen LogP contribution in [0.3, 0.4) is 0 Å². The molecular formula is C15H32N2O. The highest BCUT2D eigenvalue weighted by Gasteiger charge is 2.23. The van der Waals surface area contributed by atoms with Crippen molar-refractivity contribution in [2.45, 2.75) is 65.1 Å². The molecule has 0 amide bonds. The Morgan fingerprint density at radius 1 is 1.17 bits per heavy atom. The Morgan fingerprint density at radius 2 is 1.78 bits per heavy atom.